The molecule has 3 nitrogen and oxygen atoms in total. The molecular weight excluding hydrogens is 296 g/mol. The summed E-state index contributed by atoms with van der Waals surface area (Å²) in [7, 11) is 0. The highest BCUT2D eigenvalue weighted by molar-refractivity contribution is 5.62. The molecular formula is C21H22N2O. The minimum absolute atomic E-state index is 0.0797. The fraction of sp³-hybridized carbons (Fsp3) is 0.190. The first kappa shape index (κ1) is 16.4. The standard InChI is InChI=1S/C21H22N2O/c1-16(20-5-2-4-18(12-20)15-24)23-13-17-7-9-19(10-8-17)21-6-3-11-22-14-21/h2-12,14,16,23-24H,13,15H2,1H3. The first-order chi connectivity index (χ1) is 11.8. The predicted octanol–water partition coefficient (Wildman–Crippen LogP) is 4.09. The van der Waals surface area contributed by atoms with Gasteiger partial charge < -0.3 is 10.4 Å². The van der Waals surface area contributed by atoms with Crippen LogP contribution in [0.25, 0.3) is 11.1 Å². The van der Waals surface area contributed by atoms with Gasteiger partial charge in [0, 0.05) is 25.0 Å². The zero-order valence-corrected chi connectivity index (χ0v) is 13.8. The van der Waals surface area contributed by atoms with Crippen LogP contribution in [0.15, 0.2) is 73.1 Å². The number of aliphatic hydroxyl groups is 1. The Labute approximate surface area is 143 Å². The number of nitrogens with zero attached hydrogens (tertiary/aromatic N) is 1. The molecule has 3 rings (SSSR count). The molecule has 0 radical (unpaired) electrons. The van der Waals surface area contributed by atoms with Crippen molar-refractivity contribution in [2.45, 2.75) is 26.1 Å². The van der Waals surface area contributed by atoms with Gasteiger partial charge in [0.25, 0.3) is 0 Å². The fourth-order valence-corrected chi connectivity index (χ4v) is 2.70. The summed E-state index contributed by atoms with van der Waals surface area (Å²) in [6.45, 7) is 3.02. The third kappa shape index (κ3) is 4.07. The Morgan fingerprint density at radius 3 is 2.50 bits per heavy atom. The van der Waals surface area contributed by atoms with Gasteiger partial charge in [-0.25, -0.2) is 0 Å². The van der Waals surface area contributed by atoms with Crippen molar-refractivity contribution < 1.29 is 5.11 Å². The highest BCUT2D eigenvalue weighted by Crippen LogP contribution is 2.19. The van der Waals surface area contributed by atoms with Crippen molar-refractivity contribution in [1.29, 1.82) is 0 Å². The van der Waals surface area contributed by atoms with E-state index in [1.54, 1.807) is 6.20 Å². The average molecular weight is 318 g/mol. The van der Waals surface area contributed by atoms with Crippen LogP contribution in [0.1, 0.15) is 29.7 Å². The molecule has 0 aliphatic heterocycles. The van der Waals surface area contributed by atoms with E-state index in [2.05, 4.69) is 53.6 Å². The lowest BCUT2D eigenvalue weighted by Gasteiger charge is -2.15. The van der Waals surface area contributed by atoms with Crippen LogP contribution in [-0.2, 0) is 13.2 Å². The van der Waals surface area contributed by atoms with Crippen LogP contribution in [-0.4, -0.2) is 10.1 Å². The summed E-state index contributed by atoms with van der Waals surface area (Å²) in [6.07, 6.45) is 3.67. The molecule has 0 aliphatic rings. The first-order valence-electron chi connectivity index (χ1n) is 8.18. The molecule has 3 aromatic rings. The molecule has 2 aromatic carbocycles. The molecule has 0 amide bonds. The second-order valence-electron chi connectivity index (χ2n) is 5.94. The minimum Gasteiger partial charge on any atom is -0.392 e. The third-order valence-electron chi connectivity index (χ3n) is 4.19. The van der Waals surface area contributed by atoms with Gasteiger partial charge in [-0.05, 0) is 40.8 Å². The predicted molar refractivity (Wildman–Crippen MR) is 97.3 cm³/mol. The van der Waals surface area contributed by atoms with Gasteiger partial charge in [-0.2, -0.15) is 0 Å². The quantitative estimate of drug-likeness (QED) is 0.719. The average Bonchev–Trinajstić information content (AvgIpc) is 2.67. The van der Waals surface area contributed by atoms with E-state index in [-0.39, 0.29) is 12.6 Å². The van der Waals surface area contributed by atoms with Crippen molar-refractivity contribution in [3.63, 3.8) is 0 Å². The lowest BCUT2D eigenvalue weighted by atomic mass is 10.0. The number of hydrogen-bond donors (Lipinski definition) is 2. The number of nitrogens with one attached hydrogen (secondary N) is 1. The van der Waals surface area contributed by atoms with Crippen LogP contribution < -0.4 is 5.32 Å². The number of benzene rings is 2. The summed E-state index contributed by atoms with van der Waals surface area (Å²) < 4.78 is 0. The van der Waals surface area contributed by atoms with Gasteiger partial charge in [0.15, 0.2) is 0 Å². The molecule has 1 heterocycles. The molecule has 0 aliphatic carbocycles. The lowest BCUT2D eigenvalue weighted by molar-refractivity contribution is 0.281. The Morgan fingerprint density at radius 2 is 1.79 bits per heavy atom. The third-order valence-corrected chi connectivity index (χ3v) is 4.19. The molecule has 0 spiro atoms. The molecule has 24 heavy (non-hydrogen) atoms. The van der Waals surface area contributed by atoms with Gasteiger partial charge in [-0.3, -0.25) is 4.98 Å². The number of aromatic nitrogens is 1. The second-order valence-corrected chi connectivity index (χ2v) is 5.94. The zero-order chi connectivity index (χ0) is 16.8. The maximum Gasteiger partial charge on any atom is 0.0681 e. The lowest BCUT2D eigenvalue weighted by Crippen LogP contribution is -2.18. The van der Waals surface area contributed by atoms with Crippen molar-refractivity contribution in [2.24, 2.45) is 0 Å². The van der Waals surface area contributed by atoms with Gasteiger partial charge in [0.1, 0.15) is 0 Å². The Hall–Kier alpha value is -2.49. The van der Waals surface area contributed by atoms with Gasteiger partial charge in [0.05, 0.1) is 6.61 Å². The van der Waals surface area contributed by atoms with Gasteiger partial charge >= 0.3 is 0 Å². The smallest absolute Gasteiger partial charge is 0.0681 e. The van der Waals surface area contributed by atoms with Gasteiger partial charge in [0.2, 0.25) is 0 Å². The van der Waals surface area contributed by atoms with E-state index in [0.29, 0.717) is 0 Å². The largest absolute Gasteiger partial charge is 0.392 e. The van der Waals surface area contributed by atoms with Crippen LogP contribution in [0.5, 0.6) is 0 Å². The highest BCUT2D eigenvalue weighted by Gasteiger charge is 2.06. The molecule has 122 valence electrons. The molecule has 1 aromatic heterocycles. The molecule has 0 saturated heterocycles. The van der Waals surface area contributed by atoms with E-state index in [0.717, 1.165) is 17.7 Å². The molecule has 0 bridgehead atoms. The van der Waals surface area contributed by atoms with Crippen molar-refractivity contribution in [2.75, 3.05) is 0 Å². The molecule has 2 N–H and O–H groups in total. The summed E-state index contributed by atoms with van der Waals surface area (Å²) in [5.74, 6) is 0. The van der Waals surface area contributed by atoms with Crippen molar-refractivity contribution >= 4 is 0 Å². The Morgan fingerprint density at radius 1 is 0.958 bits per heavy atom. The molecule has 3 heteroatoms. The molecule has 0 saturated carbocycles. The first-order valence-corrected chi connectivity index (χ1v) is 8.18. The summed E-state index contributed by atoms with van der Waals surface area (Å²) in [5.41, 5.74) is 5.69. The maximum absolute atomic E-state index is 9.25. The topological polar surface area (TPSA) is 45.2 Å². The van der Waals surface area contributed by atoms with Crippen molar-refractivity contribution in [3.8, 4) is 11.1 Å². The van der Waals surface area contributed by atoms with Crippen LogP contribution in [0.4, 0.5) is 0 Å². The summed E-state index contributed by atoms with van der Waals surface area (Å²) >= 11 is 0. The van der Waals surface area contributed by atoms with E-state index in [4.69, 9.17) is 0 Å². The van der Waals surface area contributed by atoms with Gasteiger partial charge in [-0.1, -0.05) is 54.6 Å². The minimum atomic E-state index is 0.0797. The van der Waals surface area contributed by atoms with Crippen LogP contribution in [0.2, 0.25) is 0 Å². The Bertz CT molecular complexity index is 769. The van der Waals surface area contributed by atoms with Crippen LogP contribution in [0, 0.1) is 0 Å². The SMILES string of the molecule is CC(NCc1ccc(-c2cccnc2)cc1)c1cccc(CO)c1. The van der Waals surface area contributed by atoms with Crippen molar-refractivity contribution in [1.82, 2.24) is 10.3 Å². The van der Waals surface area contributed by atoms with E-state index in [9.17, 15) is 5.11 Å². The summed E-state index contributed by atoms with van der Waals surface area (Å²) in [5, 5.41) is 12.8. The number of rotatable bonds is 6. The Kier molecular flexibility index (Phi) is 5.36. The number of hydrogen-bond acceptors (Lipinski definition) is 3. The second kappa shape index (κ2) is 7.86. The monoisotopic (exact) mass is 318 g/mol. The number of aliphatic hydroxyl groups excluding tert-OH is 1. The van der Waals surface area contributed by atoms with E-state index in [1.807, 2.05) is 30.5 Å². The molecule has 1 unspecified atom stereocenters. The summed E-state index contributed by atoms with van der Waals surface area (Å²) in [6, 6.07) is 20.9. The highest BCUT2D eigenvalue weighted by atomic mass is 16.3. The Balaban J connectivity index is 1.62. The normalized spacial score (nSPS) is 12.1. The van der Waals surface area contributed by atoms with Crippen LogP contribution in [0.3, 0.4) is 0 Å². The van der Waals surface area contributed by atoms with Crippen molar-refractivity contribution in [3.05, 3.63) is 89.7 Å². The van der Waals surface area contributed by atoms with E-state index >= 15 is 0 Å². The molecule has 0 fully saturated rings. The number of pyridine rings is 1. The fourth-order valence-electron chi connectivity index (χ4n) is 2.70. The molecule has 1 atom stereocenters. The summed E-state index contributed by atoms with van der Waals surface area (Å²) in [4.78, 5) is 4.16. The van der Waals surface area contributed by atoms with Gasteiger partial charge in [-0.15, -0.1) is 0 Å². The maximum atomic E-state index is 9.25. The van der Waals surface area contributed by atoms with E-state index in [1.165, 1.54) is 16.7 Å². The van der Waals surface area contributed by atoms with E-state index < -0.39 is 0 Å². The van der Waals surface area contributed by atoms with Crippen LogP contribution >= 0.6 is 0 Å². The zero-order valence-electron chi connectivity index (χ0n) is 13.8.